The number of anilines is 1. The lowest BCUT2D eigenvalue weighted by atomic mass is 10.2. The number of hydrogen-bond donors (Lipinski definition) is 3. The van der Waals surface area contributed by atoms with Gasteiger partial charge in [0.25, 0.3) is 0 Å². The number of carbonyl (C=O) groups is 3. The largest absolute Gasteiger partial charge is 0.497 e. The predicted octanol–water partition coefficient (Wildman–Crippen LogP) is 2.51. The zero-order valence-electron chi connectivity index (χ0n) is 19.2. The van der Waals surface area contributed by atoms with Crippen molar-refractivity contribution in [2.24, 2.45) is 0 Å². The highest BCUT2D eigenvalue weighted by Gasteiger charge is 2.16. The van der Waals surface area contributed by atoms with Crippen LogP contribution in [0, 0.1) is 0 Å². The molecule has 1 heterocycles. The van der Waals surface area contributed by atoms with E-state index in [0.717, 1.165) is 50.7 Å². The normalized spacial score (nSPS) is 14.1. The van der Waals surface area contributed by atoms with Crippen LogP contribution in [0.3, 0.4) is 0 Å². The van der Waals surface area contributed by atoms with Gasteiger partial charge in [0.1, 0.15) is 5.75 Å². The van der Waals surface area contributed by atoms with Crippen LogP contribution in [0.5, 0.6) is 5.75 Å². The predicted molar refractivity (Wildman–Crippen MR) is 130 cm³/mol. The zero-order chi connectivity index (χ0) is 24.8. The van der Waals surface area contributed by atoms with Crippen LogP contribution >= 0.6 is 0 Å². The molecule has 1 fully saturated rings. The van der Waals surface area contributed by atoms with Crippen molar-refractivity contribution >= 4 is 29.6 Å². The first-order chi connectivity index (χ1) is 16.4. The maximum absolute atomic E-state index is 12.2. The average Bonchev–Trinajstić information content (AvgIpc) is 2.85. The zero-order valence-corrected chi connectivity index (χ0v) is 19.2. The van der Waals surface area contributed by atoms with Gasteiger partial charge < -0.3 is 25.2 Å². The molecule has 2 aromatic rings. The quantitative estimate of drug-likeness (QED) is 0.505. The molecule has 0 bridgehead atoms. The molecule has 1 saturated heterocycles. The van der Waals surface area contributed by atoms with Gasteiger partial charge in [0.05, 0.1) is 7.11 Å². The van der Waals surface area contributed by atoms with Crippen molar-refractivity contribution in [3.05, 3.63) is 66.2 Å². The summed E-state index contributed by atoms with van der Waals surface area (Å²) in [4.78, 5) is 35.2. The molecule has 0 saturated carbocycles. The summed E-state index contributed by atoms with van der Waals surface area (Å²) in [5, 5.41) is 17.7. The van der Waals surface area contributed by atoms with Gasteiger partial charge in [-0.2, -0.15) is 0 Å². The van der Waals surface area contributed by atoms with E-state index >= 15 is 0 Å². The van der Waals surface area contributed by atoms with Gasteiger partial charge in [-0.25, -0.2) is 9.59 Å². The van der Waals surface area contributed by atoms with E-state index in [1.54, 1.807) is 7.11 Å². The number of benzene rings is 2. The SMILES string of the molecule is COc1ccc(NC(=O)CCN2CCN(CC=Cc3ccccc3)CC2)cc1.O=C(O)C(=O)O. The van der Waals surface area contributed by atoms with Gasteiger partial charge in [-0.05, 0) is 29.8 Å². The number of piperazine rings is 1. The molecular weight excluding hydrogens is 438 g/mol. The van der Waals surface area contributed by atoms with E-state index in [1.165, 1.54) is 5.56 Å². The molecule has 34 heavy (non-hydrogen) atoms. The van der Waals surface area contributed by atoms with E-state index in [0.29, 0.717) is 6.42 Å². The fraction of sp³-hybridized carbons (Fsp3) is 0.320. The number of nitrogens with one attached hydrogen (secondary N) is 1. The average molecular weight is 470 g/mol. The third-order valence-corrected chi connectivity index (χ3v) is 5.15. The summed E-state index contributed by atoms with van der Waals surface area (Å²) in [5.41, 5.74) is 2.05. The first kappa shape index (κ1) is 26.6. The van der Waals surface area contributed by atoms with E-state index in [-0.39, 0.29) is 5.91 Å². The summed E-state index contributed by atoms with van der Waals surface area (Å²) in [5.74, 6) is -2.81. The Morgan fingerprint density at radius 2 is 1.50 bits per heavy atom. The molecule has 182 valence electrons. The molecule has 1 aliphatic rings. The number of aliphatic carboxylic acids is 2. The summed E-state index contributed by atoms with van der Waals surface area (Å²) < 4.78 is 5.13. The van der Waals surface area contributed by atoms with Crippen molar-refractivity contribution in [3.8, 4) is 5.75 Å². The fourth-order valence-electron chi connectivity index (χ4n) is 3.25. The van der Waals surface area contributed by atoms with Gasteiger partial charge >= 0.3 is 11.9 Å². The number of carboxylic acid groups (broad SMARTS) is 2. The fourth-order valence-corrected chi connectivity index (χ4v) is 3.25. The Morgan fingerprint density at radius 3 is 2.06 bits per heavy atom. The highest BCUT2D eigenvalue weighted by Crippen LogP contribution is 2.15. The molecule has 3 N–H and O–H groups in total. The van der Waals surface area contributed by atoms with Crippen LogP contribution in [-0.4, -0.2) is 84.2 Å². The summed E-state index contributed by atoms with van der Waals surface area (Å²) in [6.45, 7) is 5.87. The minimum atomic E-state index is -1.82. The molecule has 1 amide bonds. The van der Waals surface area contributed by atoms with Crippen molar-refractivity contribution < 1.29 is 29.3 Å². The molecule has 0 aromatic heterocycles. The molecule has 0 radical (unpaired) electrons. The van der Waals surface area contributed by atoms with Gasteiger partial charge in [-0.15, -0.1) is 0 Å². The highest BCUT2D eigenvalue weighted by atomic mass is 16.5. The van der Waals surface area contributed by atoms with E-state index in [1.807, 2.05) is 30.3 Å². The lowest BCUT2D eigenvalue weighted by Crippen LogP contribution is -2.46. The van der Waals surface area contributed by atoms with Crippen LogP contribution < -0.4 is 10.1 Å². The van der Waals surface area contributed by atoms with Crippen LogP contribution in [0.1, 0.15) is 12.0 Å². The lowest BCUT2D eigenvalue weighted by Gasteiger charge is -2.34. The van der Waals surface area contributed by atoms with E-state index in [9.17, 15) is 4.79 Å². The van der Waals surface area contributed by atoms with Crippen molar-refractivity contribution in [2.75, 3.05) is 51.7 Å². The molecule has 0 aliphatic carbocycles. The number of methoxy groups -OCH3 is 1. The van der Waals surface area contributed by atoms with E-state index in [4.69, 9.17) is 24.5 Å². The third kappa shape index (κ3) is 10.3. The number of rotatable bonds is 8. The molecule has 9 heteroatoms. The first-order valence-electron chi connectivity index (χ1n) is 10.9. The Balaban J connectivity index is 0.000000604. The molecule has 1 aliphatic heterocycles. The van der Waals surface area contributed by atoms with Gasteiger partial charge in [0, 0.05) is 51.4 Å². The molecule has 0 spiro atoms. The van der Waals surface area contributed by atoms with E-state index < -0.39 is 11.9 Å². The Bertz CT molecular complexity index is 927. The highest BCUT2D eigenvalue weighted by molar-refractivity contribution is 6.27. The minimum absolute atomic E-state index is 0.0541. The van der Waals surface area contributed by atoms with Crippen LogP contribution in [0.15, 0.2) is 60.7 Å². The number of nitrogens with zero attached hydrogens (tertiary/aromatic N) is 2. The van der Waals surface area contributed by atoms with Crippen molar-refractivity contribution in [2.45, 2.75) is 6.42 Å². The second kappa shape index (κ2) is 14.5. The van der Waals surface area contributed by atoms with Crippen molar-refractivity contribution in [3.63, 3.8) is 0 Å². The smallest absolute Gasteiger partial charge is 0.414 e. The molecule has 2 aromatic carbocycles. The van der Waals surface area contributed by atoms with Crippen LogP contribution in [0.4, 0.5) is 5.69 Å². The number of amides is 1. The summed E-state index contributed by atoms with van der Waals surface area (Å²) in [6.07, 6.45) is 4.92. The minimum Gasteiger partial charge on any atom is -0.497 e. The summed E-state index contributed by atoms with van der Waals surface area (Å²) in [6, 6.07) is 17.8. The van der Waals surface area contributed by atoms with Gasteiger partial charge in [0.2, 0.25) is 5.91 Å². The molecule has 9 nitrogen and oxygen atoms in total. The molecule has 3 rings (SSSR count). The first-order valence-corrected chi connectivity index (χ1v) is 10.9. The standard InChI is InChI=1S/C23H29N3O2.C2H2O4/c1-28-22-11-9-21(10-12-22)24-23(27)13-15-26-18-16-25(17-19-26)14-5-8-20-6-3-2-4-7-20;3-1(4)2(5)6/h2-12H,13-19H2,1H3,(H,24,27);(H,3,4)(H,5,6). The van der Waals surface area contributed by atoms with Gasteiger partial charge in [0.15, 0.2) is 0 Å². The Labute approximate surface area is 199 Å². The van der Waals surface area contributed by atoms with Gasteiger partial charge in [-0.1, -0.05) is 42.5 Å². The van der Waals surface area contributed by atoms with Gasteiger partial charge in [-0.3, -0.25) is 9.69 Å². The Kier molecular flexibility index (Phi) is 11.3. The number of carbonyl (C=O) groups excluding carboxylic acids is 1. The van der Waals surface area contributed by atoms with Crippen LogP contribution in [-0.2, 0) is 14.4 Å². The second-order valence-corrected chi connectivity index (χ2v) is 7.59. The van der Waals surface area contributed by atoms with Crippen LogP contribution in [0.25, 0.3) is 6.08 Å². The second-order valence-electron chi connectivity index (χ2n) is 7.59. The molecular formula is C25H31N3O6. The topological polar surface area (TPSA) is 119 Å². The third-order valence-electron chi connectivity index (χ3n) is 5.15. The number of carboxylic acids is 2. The molecule has 0 atom stereocenters. The number of hydrogen-bond acceptors (Lipinski definition) is 6. The maximum Gasteiger partial charge on any atom is 0.414 e. The summed E-state index contributed by atoms with van der Waals surface area (Å²) >= 11 is 0. The van der Waals surface area contributed by atoms with Crippen LogP contribution in [0.2, 0.25) is 0 Å². The lowest BCUT2D eigenvalue weighted by molar-refractivity contribution is -0.159. The van der Waals surface area contributed by atoms with Crippen molar-refractivity contribution in [1.82, 2.24) is 9.80 Å². The molecule has 0 unspecified atom stereocenters. The van der Waals surface area contributed by atoms with Crippen molar-refractivity contribution in [1.29, 1.82) is 0 Å². The summed E-state index contributed by atoms with van der Waals surface area (Å²) in [7, 11) is 1.63. The maximum atomic E-state index is 12.2. The van der Waals surface area contributed by atoms with E-state index in [2.05, 4.69) is 51.5 Å². The number of ether oxygens (including phenoxy) is 1. The Hall–Kier alpha value is -3.69. The Morgan fingerprint density at radius 1 is 0.912 bits per heavy atom. The monoisotopic (exact) mass is 469 g/mol.